The van der Waals surface area contributed by atoms with Crippen LogP contribution in [-0.2, 0) is 24.4 Å². The van der Waals surface area contributed by atoms with Crippen LogP contribution in [-0.4, -0.2) is 22.7 Å². The number of aliphatic hydroxyl groups excluding tert-OH is 1. The predicted octanol–water partition coefficient (Wildman–Crippen LogP) is 3.82. The molecule has 3 rings (SSSR count). The van der Waals surface area contributed by atoms with E-state index in [0.29, 0.717) is 19.3 Å². The van der Waals surface area contributed by atoms with E-state index in [0.717, 1.165) is 30.7 Å². The molecule has 0 saturated heterocycles. The Morgan fingerprint density at radius 3 is 2.58 bits per heavy atom. The maximum Gasteiger partial charge on any atom is 0.0743 e. The lowest BCUT2D eigenvalue weighted by Gasteiger charge is -2.26. The molecule has 0 bridgehead atoms. The molecule has 2 aromatic rings. The molecule has 4 heteroatoms. The summed E-state index contributed by atoms with van der Waals surface area (Å²) in [6.45, 7) is 7.95. The van der Waals surface area contributed by atoms with Crippen LogP contribution in [0.2, 0.25) is 0 Å². The highest BCUT2D eigenvalue weighted by molar-refractivity contribution is 5.44. The summed E-state index contributed by atoms with van der Waals surface area (Å²) in [5.74, 6) is 0. The maximum atomic E-state index is 9.30. The van der Waals surface area contributed by atoms with Crippen molar-refractivity contribution in [3.63, 3.8) is 0 Å². The molecule has 1 aliphatic rings. The quantitative estimate of drug-likeness (QED) is 0.757. The standard InChI is InChI=1S/C22H30N2O2/c1-15(2)23-20(10-7-11-25)22-16(3)24-21(18-13-26-14-19(18)22)12-17-8-5-4-6-9-17/h4-6,8-9,15,20,23,25H,7,10-14H2,1-3H3. The van der Waals surface area contributed by atoms with Gasteiger partial charge in [-0.25, -0.2) is 0 Å². The lowest BCUT2D eigenvalue weighted by molar-refractivity contribution is 0.133. The first-order valence-corrected chi connectivity index (χ1v) is 9.59. The molecular formula is C22H30N2O2. The van der Waals surface area contributed by atoms with Crippen molar-refractivity contribution in [3.8, 4) is 0 Å². The molecule has 1 aromatic heterocycles. The summed E-state index contributed by atoms with van der Waals surface area (Å²) in [5.41, 5.74) is 7.33. The normalized spacial score (nSPS) is 14.7. The van der Waals surface area contributed by atoms with E-state index in [1.54, 1.807) is 0 Å². The lowest BCUT2D eigenvalue weighted by atomic mass is 9.91. The van der Waals surface area contributed by atoms with Gasteiger partial charge in [-0.15, -0.1) is 0 Å². The minimum absolute atomic E-state index is 0.205. The monoisotopic (exact) mass is 354 g/mol. The largest absolute Gasteiger partial charge is 0.396 e. The van der Waals surface area contributed by atoms with Gasteiger partial charge in [0.15, 0.2) is 0 Å². The van der Waals surface area contributed by atoms with Gasteiger partial charge >= 0.3 is 0 Å². The Balaban J connectivity index is 1.98. The van der Waals surface area contributed by atoms with E-state index in [4.69, 9.17) is 9.72 Å². The van der Waals surface area contributed by atoms with Gasteiger partial charge in [0.1, 0.15) is 0 Å². The summed E-state index contributed by atoms with van der Waals surface area (Å²) in [7, 11) is 0. The number of ether oxygens (including phenoxy) is 1. The third-order valence-electron chi connectivity index (χ3n) is 4.97. The fraction of sp³-hybridized carbons (Fsp3) is 0.500. The zero-order valence-electron chi connectivity index (χ0n) is 16.1. The second-order valence-electron chi connectivity index (χ2n) is 7.41. The van der Waals surface area contributed by atoms with Gasteiger partial charge in [-0.1, -0.05) is 44.2 Å². The third kappa shape index (κ3) is 4.32. The van der Waals surface area contributed by atoms with Gasteiger partial charge in [-0.05, 0) is 36.5 Å². The number of aryl methyl sites for hydroxylation is 1. The summed E-state index contributed by atoms with van der Waals surface area (Å²) in [5, 5.41) is 13.0. The second kappa shape index (κ2) is 8.76. The molecule has 1 aromatic carbocycles. The topological polar surface area (TPSA) is 54.4 Å². The predicted molar refractivity (Wildman–Crippen MR) is 104 cm³/mol. The Kier molecular flexibility index (Phi) is 6.41. The van der Waals surface area contributed by atoms with Crippen molar-refractivity contribution in [2.45, 2.75) is 65.3 Å². The van der Waals surface area contributed by atoms with Crippen LogP contribution in [0.1, 0.15) is 66.4 Å². The molecule has 0 radical (unpaired) electrons. The van der Waals surface area contributed by atoms with Gasteiger partial charge in [-0.2, -0.15) is 0 Å². The van der Waals surface area contributed by atoms with Crippen LogP contribution in [0, 0.1) is 6.92 Å². The number of aromatic nitrogens is 1. The summed E-state index contributed by atoms with van der Waals surface area (Å²) in [6.07, 6.45) is 2.53. The van der Waals surface area contributed by atoms with Gasteiger partial charge in [0.05, 0.1) is 18.9 Å². The minimum Gasteiger partial charge on any atom is -0.396 e. The number of nitrogens with one attached hydrogen (secondary N) is 1. The molecule has 26 heavy (non-hydrogen) atoms. The molecule has 4 nitrogen and oxygen atoms in total. The average molecular weight is 354 g/mol. The van der Waals surface area contributed by atoms with Gasteiger partial charge in [0, 0.05) is 36.4 Å². The first kappa shape index (κ1) is 19.0. The van der Waals surface area contributed by atoms with E-state index in [2.05, 4.69) is 50.4 Å². The third-order valence-corrected chi connectivity index (χ3v) is 4.97. The minimum atomic E-state index is 0.205. The molecular weight excluding hydrogens is 324 g/mol. The Morgan fingerprint density at radius 2 is 1.88 bits per heavy atom. The van der Waals surface area contributed by atoms with E-state index in [-0.39, 0.29) is 12.6 Å². The first-order chi connectivity index (χ1) is 12.6. The van der Waals surface area contributed by atoms with E-state index >= 15 is 0 Å². The molecule has 2 N–H and O–H groups in total. The zero-order chi connectivity index (χ0) is 18.5. The van der Waals surface area contributed by atoms with E-state index in [1.807, 2.05) is 6.07 Å². The molecule has 0 fully saturated rings. The second-order valence-corrected chi connectivity index (χ2v) is 7.41. The number of pyridine rings is 1. The van der Waals surface area contributed by atoms with Crippen molar-refractivity contribution < 1.29 is 9.84 Å². The number of benzene rings is 1. The molecule has 2 heterocycles. The van der Waals surface area contributed by atoms with Crippen LogP contribution in [0.25, 0.3) is 0 Å². The zero-order valence-corrected chi connectivity index (χ0v) is 16.1. The fourth-order valence-corrected chi connectivity index (χ4v) is 3.88. The van der Waals surface area contributed by atoms with Crippen LogP contribution >= 0.6 is 0 Å². The molecule has 0 saturated carbocycles. The van der Waals surface area contributed by atoms with Gasteiger partial charge in [0.2, 0.25) is 0 Å². The van der Waals surface area contributed by atoms with Gasteiger partial charge in [-0.3, -0.25) is 4.98 Å². The maximum absolute atomic E-state index is 9.30. The van der Waals surface area contributed by atoms with E-state index in [9.17, 15) is 5.11 Å². The average Bonchev–Trinajstić information content (AvgIpc) is 3.09. The smallest absolute Gasteiger partial charge is 0.0743 e. The number of rotatable bonds is 8. The summed E-state index contributed by atoms with van der Waals surface area (Å²) >= 11 is 0. The van der Waals surface area contributed by atoms with Gasteiger partial charge in [0.25, 0.3) is 0 Å². The number of fused-ring (bicyclic) bond motifs is 1. The Bertz CT molecular complexity index is 729. The number of hydrogen-bond donors (Lipinski definition) is 2. The van der Waals surface area contributed by atoms with E-state index < -0.39 is 0 Å². The van der Waals surface area contributed by atoms with Gasteiger partial charge < -0.3 is 15.2 Å². The molecule has 1 aliphatic heterocycles. The Hall–Kier alpha value is -1.75. The van der Waals surface area contributed by atoms with Crippen molar-refractivity contribution in [1.82, 2.24) is 10.3 Å². The van der Waals surface area contributed by atoms with Crippen molar-refractivity contribution >= 4 is 0 Å². The SMILES string of the molecule is Cc1nc(Cc2ccccc2)c2c(c1C(CCCO)NC(C)C)COC2. The first-order valence-electron chi connectivity index (χ1n) is 9.59. The molecule has 0 spiro atoms. The number of hydrogen-bond acceptors (Lipinski definition) is 4. The van der Waals surface area contributed by atoms with Crippen molar-refractivity contribution in [1.29, 1.82) is 0 Å². The molecule has 1 atom stereocenters. The fourth-order valence-electron chi connectivity index (χ4n) is 3.88. The van der Waals surface area contributed by atoms with Crippen LogP contribution in [0.4, 0.5) is 0 Å². The summed E-state index contributed by atoms with van der Waals surface area (Å²) < 4.78 is 5.83. The number of nitrogens with zero attached hydrogens (tertiary/aromatic N) is 1. The Labute approximate surface area is 156 Å². The van der Waals surface area contributed by atoms with E-state index in [1.165, 1.54) is 22.3 Å². The lowest BCUT2D eigenvalue weighted by Crippen LogP contribution is -2.30. The highest BCUT2D eigenvalue weighted by Crippen LogP contribution is 2.34. The molecule has 1 unspecified atom stereocenters. The summed E-state index contributed by atoms with van der Waals surface area (Å²) in [6, 6.07) is 11.1. The van der Waals surface area contributed by atoms with Crippen molar-refractivity contribution in [2.24, 2.45) is 0 Å². The van der Waals surface area contributed by atoms with Crippen LogP contribution in [0.5, 0.6) is 0 Å². The molecule has 0 aliphatic carbocycles. The van der Waals surface area contributed by atoms with Crippen LogP contribution < -0.4 is 5.32 Å². The highest BCUT2D eigenvalue weighted by atomic mass is 16.5. The van der Waals surface area contributed by atoms with Crippen LogP contribution in [0.15, 0.2) is 30.3 Å². The molecule has 0 amide bonds. The Morgan fingerprint density at radius 1 is 1.15 bits per heavy atom. The summed E-state index contributed by atoms with van der Waals surface area (Å²) in [4.78, 5) is 4.99. The molecule has 140 valence electrons. The van der Waals surface area contributed by atoms with Crippen molar-refractivity contribution in [3.05, 3.63) is 64.0 Å². The van der Waals surface area contributed by atoms with Crippen molar-refractivity contribution in [2.75, 3.05) is 6.61 Å². The number of aliphatic hydroxyl groups is 1. The van der Waals surface area contributed by atoms with Crippen LogP contribution in [0.3, 0.4) is 0 Å². The highest BCUT2D eigenvalue weighted by Gasteiger charge is 2.27.